The minimum Gasteiger partial charge on any atom is -0.459 e. The van der Waals surface area contributed by atoms with E-state index in [0.717, 1.165) is 16.0 Å². The topological polar surface area (TPSA) is 55.4 Å². The number of benzene rings is 1. The maximum absolute atomic E-state index is 12.4. The fourth-order valence-electron chi connectivity index (χ4n) is 2.65. The largest absolute Gasteiger partial charge is 0.459 e. The standard InChI is InChI=1S/C23H29NO3S/c1-14(2)27-22(26)20-15(3)16(4)28-21(20)24-19(25)13-10-17-8-11-18(12-9-17)23(5,6)7/h8-14H,1-7H3,(H,24,25)/b13-10+. The first-order chi connectivity index (χ1) is 13.0. The lowest BCUT2D eigenvalue weighted by Crippen LogP contribution is -2.15. The second-order valence-corrected chi connectivity index (χ2v) is 9.36. The number of hydrogen-bond donors (Lipinski definition) is 1. The van der Waals surface area contributed by atoms with Crippen LogP contribution >= 0.6 is 11.3 Å². The van der Waals surface area contributed by atoms with Gasteiger partial charge in [0, 0.05) is 11.0 Å². The maximum atomic E-state index is 12.4. The van der Waals surface area contributed by atoms with E-state index in [1.807, 2.05) is 26.0 Å². The van der Waals surface area contributed by atoms with Crippen LogP contribution in [-0.4, -0.2) is 18.0 Å². The number of ether oxygens (including phenoxy) is 1. The first-order valence-electron chi connectivity index (χ1n) is 9.39. The molecule has 0 aliphatic carbocycles. The van der Waals surface area contributed by atoms with Crippen LogP contribution in [0.4, 0.5) is 5.00 Å². The van der Waals surface area contributed by atoms with Crippen LogP contribution in [0.1, 0.15) is 66.5 Å². The average Bonchev–Trinajstić information content (AvgIpc) is 2.86. The normalized spacial score (nSPS) is 11.9. The SMILES string of the molecule is Cc1sc(NC(=O)/C=C/c2ccc(C(C)(C)C)cc2)c(C(=O)OC(C)C)c1C. The second-order valence-electron chi connectivity index (χ2n) is 8.14. The van der Waals surface area contributed by atoms with Crippen molar-refractivity contribution in [1.82, 2.24) is 0 Å². The second kappa shape index (κ2) is 8.74. The van der Waals surface area contributed by atoms with Crippen molar-refractivity contribution < 1.29 is 14.3 Å². The lowest BCUT2D eigenvalue weighted by atomic mass is 9.87. The number of rotatable bonds is 5. The van der Waals surface area contributed by atoms with Crippen LogP contribution in [0.2, 0.25) is 0 Å². The molecular weight excluding hydrogens is 370 g/mol. The van der Waals surface area contributed by atoms with Gasteiger partial charge in [0.2, 0.25) is 5.91 Å². The Hall–Kier alpha value is -2.40. The lowest BCUT2D eigenvalue weighted by Gasteiger charge is -2.18. The highest BCUT2D eigenvalue weighted by molar-refractivity contribution is 7.16. The zero-order valence-corrected chi connectivity index (χ0v) is 18.5. The number of aryl methyl sites for hydroxylation is 1. The van der Waals surface area contributed by atoms with Gasteiger partial charge in [-0.1, -0.05) is 45.0 Å². The summed E-state index contributed by atoms with van der Waals surface area (Å²) in [5, 5.41) is 3.35. The molecule has 0 aliphatic heterocycles. The molecule has 1 aromatic heterocycles. The molecule has 150 valence electrons. The van der Waals surface area contributed by atoms with Gasteiger partial charge < -0.3 is 10.1 Å². The molecule has 1 heterocycles. The highest BCUT2D eigenvalue weighted by Gasteiger charge is 2.22. The van der Waals surface area contributed by atoms with Gasteiger partial charge in [0.15, 0.2) is 0 Å². The van der Waals surface area contributed by atoms with Crippen LogP contribution in [0.3, 0.4) is 0 Å². The molecule has 0 spiro atoms. The molecule has 0 bridgehead atoms. The zero-order chi connectivity index (χ0) is 21.1. The van der Waals surface area contributed by atoms with Crippen molar-refractivity contribution in [1.29, 1.82) is 0 Å². The number of esters is 1. The Morgan fingerprint density at radius 2 is 1.71 bits per heavy atom. The first kappa shape index (κ1) is 21.9. The zero-order valence-electron chi connectivity index (χ0n) is 17.7. The summed E-state index contributed by atoms with van der Waals surface area (Å²) in [4.78, 5) is 25.8. The Bertz CT molecular complexity index is 884. The molecule has 0 unspecified atom stereocenters. The predicted octanol–water partition coefficient (Wildman–Crippen LogP) is 5.88. The third kappa shape index (κ3) is 5.55. The van der Waals surface area contributed by atoms with Crippen molar-refractivity contribution >= 4 is 34.3 Å². The van der Waals surface area contributed by atoms with Crippen LogP contribution in [0.15, 0.2) is 30.3 Å². The van der Waals surface area contributed by atoms with Crippen molar-refractivity contribution in [3.63, 3.8) is 0 Å². The van der Waals surface area contributed by atoms with Crippen molar-refractivity contribution in [2.75, 3.05) is 5.32 Å². The number of thiophene rings is 1. The van der Waals surface area contributed by atoms with Gasteiger partial charge in [-0.15, -0.1) is 11.3 Å². The molecule has 1 N–H and O–H groups in total. The highest BCUT2D eigenvalue weighted by atomic mass is 32.1. The Labute approximate surface area is 171 Å². The van der Waals surface area contributed by atoms with Crippen molar-refractivity contribution in [3.05, 3.63) is 57.5 Å². The van der Waals surface area contributed by atoms with Gasteiger partial charge in [-0.25, -0.2) is 4.79 Å². The van der Waals surface area contributed by atoms with Crippen LogP contribution < -0.4 is 5.32 Å². The highest BCUT2D eigenvalue weighted by Crippen LogP contribution is 2.33. The molecule has 2 rings (SSSR count). The third-order valence-electron chi connectivity index (χ3n) is 4.37. The lowest BCUT2D eigenvalue weighted by molar-refractivity contribution is -0.111. The Morgan fingerprint density at radius 3 is 2.25 bits per heavy atom. The molecule has 2 aromatic rings. The monoisotopic (exact) mass is 399 g/mol. The first-order valence-corrected chi connectivity index (χ1v) is 10.2. The number of carbonyl (C=O) groups is 2. The molecule has 0 aliphatic rings. The molecule has 0 radical (unpaired) electrons. The predicted molar refractivity (Wildman–Crippen MR) is 117 cm³/mol. The quantitative estimate of drug-likeness (QED) is 0.504. The number of nitrogens with one attached hydrogen (secondary N) is 1. The molecular formula is C23H29NO3S. The Balaban J connectivity index is 2.14. The molecule has 28 heavy (non-hydrogen) atoms. The van der Waals surface area contributed by atoms with Crippen molar-refractivity contribution in [3.8, 4) is 0 Å². The van der Waals surface area contributed by atoms with E-state index < -0.39 is 5.97 Å². The third-order valence-corrected chi connectivity index (χ3v) is 5.50. The van der Waals surface area contributed by atoms with E-state index in [1.165, 1.54) is 23.0 Å². The van der Waals surface area contributed by atoms with Crippen LogP contribution in [0.25, 0.3) is 6.08 Å². The van der Waals surface area contributed by atoms with Gasteiger partial charge in [-0.2, -0.15) is 0 Å². The van der Waals surface area contributed by atoms with Crippen LogP contribution in [0, 0.1) is 13.8 Å². The molecule has 0 atom stereocenters. The molecule has 0 saturated heterocycles. The molecule has 1 amide bonds. The number of amides is 1. The Kier molecular flexibility index (Phi) is 6.83. The van der Waals surface area contributed by atoms with Gasteiger partial charge in [-0.3, -0.25) is 4.79 Å². The van der Waals surface area contributed by atoms with E-state index in [-0.39, 0.29) is 17.4 Å². The summed E-state index contributed by atoms with van der Waals surface area (Å²) in [7, 11) is 0. The summed E-state index contributed by atoms with van der Waals surface area (Å²) >= 11 is 1.38. The molecule has 5 heteroatoms. The molecule has 4 nitrogen and oxygen atoms in total. The fourth-order valence-corrected chi connectivity index (χ4v) is 3.70. The van der Waals surface area contributed by atoms with E-state index in [1.54, 1.807) is 19.9 Å². The minimum atomic E-state index is -0.408. The maximum Gasteiger partial charge on any atom is 0.341 e. The molecule has 0 fully saturated rings. The molecule has 1 aromatic carbocycles. The average molecular weight is 400 g/mol. The van der Waals surface area contributed by atoms with Gasteiger partial charge >= 0.3 is 5.97 Å². The van der Waals surface area contributed by atoms with Gasteiger partial charge in [0.1, 0.15) is 5.00 Å². The number of hydrogen-bond acceptors (Lipinski definition) is 4. The molecule has 0 saturated carbocycles. The van der Waals surface area contributed by atoms with E-state index in [0.29, 0.717) is 10.6 Å². The summed E-state index contributed by atoms with van der Waals surface area (Å²) in [5.74, 6) is -0.686. The van der Waals surface area contributed by atoms with Crippen molar-refractivity contribution in [2.24, 2.45) is 0 Å². The fraction of sp³-hybridized carbons (Fsp3) is 0.391. The van der Waals surface area contributed by atoms with Gasteiger partial charge in [-0.05, 0) is 55.9 Å². The summed E-state index contributed by atoms with van der Waals surface area (Å²) in [5.41, 5.74) is 3.56. The van der Waals surface area contributed by atoms with Crippen LogP contribution in [-0.2, 0) is 14.9 Å². The van der Waals surface area contributed by atoms with Crippen molar-refractivity contribution in [2.45, 2.75) is 60.0 Å². The summed E-state index contributed by atoms with van der Waals surface area (Å²) in [6, 6.07) is 8.14. The van der Waals surface area contributed by atoms with E-state index in [9.17, 15) is 9.59 Å². The summed E-state index contributed by atoms with van der Waals surface area (Å²) in [6.07, 6.45) is 3.03. The summed E-state index contributed by atoms with van der Waals surface area (Å²) < 4.78 is 5.32. The smallest absolute Gasteiger partial charge is 0.341 e. The van der Waals surface area contributed by atoms with E-state index >= 15 is 0 Å². The summed E-state index contributed by atoms with van der Waals surface area (Å²) in [6.45, 7) is 13.9. The number of carbonyl (C=O) groups excluding carboxylic acids is 2. The van der Waals surface area contributed by atoms with Crippen LogP contribution in [0.5, 0.6) is 0 Å². The minimum absolute atomic E-state index is 0.0928. The van der Waals surface area contributed by atoms with E-state index in [4.69, 9.17) is 4.74 Å². The van der Waals surface area contributed by atoms with Gasteiger partial charge in [0.25, 0.3) is 0 Å². The van der Waals surface area contributed by atoms with E-state index in [2.05, 4.69) is 38.2 Å². The number of anilines is 1. The van der Waals surface area contributed by atoms with Gasteiger partial charge in [0.05, 0.1) is 11.7 Å². The Morgan fingerprint density at radius 1 is 1.11 bits per heavy atom.